The number of aromatic nitrogens is 4. The largest absolute Gasteiger partial charge is 0.444 e. The molecule has 0 aliphatic carbocycles. The Balaban J connectivity index is 2.28. The number of nitrogens with zero attached hydrogens (tertiary/aromatic N) is 3. The van der Waals surface area contributed by atoms with Crippen LogP contribution >= 0.6 is 0 Å². The average Bonchev–Trinajstić information content (AvgIpc) is 2.79. The van der Waals surface area contributed by atoms with Gasteiger partial charge in [0, 0.05) is 13.8 Å². The first-order valence-electron chi connectivity index (χ1n) is 5.71. The number of esters is 2. The fourth-order valence-electron chi connectivity index (χ4n) is 1.52. The Labute approximate surface area is 112 Å². The highest BCUT2D eigenvalue weighted by Gasteiger charge is 2.14. The lowest BCUT2D eigenvalue weighted by Crippen LogP contribution is -2.36. The maximum Gasteiger partial charge on any atom is 0.317 e. The highest BCUT2D eigenvalue weighted by Crippen LogP contribution is 1.99. The van der Waals surface area contributed by atoms with Crippen LogP contribution in [0, 0.1) is 0 Å². The number of hydrogen-bond acceptors (Lipinski definition) is 6. The van der Waals surface area contributed by atoms with Gasteiger partial charge in [-0.3, -0.25) is 19.0 Å². The minimum atomic E-state index is -0.490. The van der Waals surface area contributed by atoms with Gasteiger partial charge in [-0.25, -0.2) is 4.98 Å². The number of hydrogen-bond donors (Lipinski definition) is 1. The molecule has 2 aromatic heterocycles. The fraction of sp³-hybridized carbons (Fsp3) is 0.364. The molecule has 0 saturated heterocycles. The van der Waals surface area contributed by atoms with Gasteiger partial charge in [-0.1, -0.05) is 4.68 Å². The normalized spacial score (nSPS) is 10.5. The number of aromatic amines is 1. The van der Waals surface area contributed by atoms with Crippen molar-refractivity contribution in [2.45, 2.75) is 27.3 Å². The minimum Gasteiger partial charge on any atom is -0.444 e. The number of ether oxygens (including phenoxy) is 2. The second-order valence-electron chi connectivity index (χ2n) is 4.02. The van der Waals surface area contributed by atoms with Crippen LogP contribution in [-0.2, 0) is 32.5 Å². The number of carbonyl (C=O) groups excluding carboxylic acids is 2. The second kappa shape index (κ2) is 5.51. The molecule has 9 nitrogen and oxygen atoms in total. The van der Waals surface area contributed by atoms with Crippen molar-refractivity contribution in [1.29, 1.82) is 0 Å². The molecule has 106 valence electrons. The Morgan fingerprint density at radius 2 is 2.05 bits per heavy atom. The van der Waals surface area contributed by atoms with Crippen molar-refractivity contribution in [3.63, 3.8) is 0 Å². The van der Waals surface area contributed by atoms with E-state index in [4.69, 9.17) is 9.47 Å². The van der Waals surface area contributed by atoms with Gasteiger partial charge < -0.3 is 9.47 Å². The maximum atomic E-state index is 12.1. The number of carbonyl (C=O) groups is 2. The first-order chi connectivity index (χ1) is 9.47. The predicted molar refractivity (Wildman–Crippen MR) is 64.1 cm³/mol. The van der Waals surface area contributed by atoms with E-state index in [2.05, 4.69) is 10.1 Å². The van der Waals surface area contributed by atoms with Crippen molar-refractivity contribution in [1.82, 2.24) is 14.6 Å². The molecule has 0 spiro atoms. The molecular weight excluding hydrogens is 268 g/mol. The van der Waals surface area contributed by atoms with Gasteiger partial charge in [0.25, 0.3) is 5.56 Å². The third kappa shape index (κ3) is 2.99. The van der Waals surface area contributed by atoms with Crippen LogP contribution in [0.1, 0.15) is 13.8 Å². The van der Waals surface area contributed by atoms with Crippen LogP contribution in [-0.4, -0.2) is 26.6 Å². The van der Waals surface area contributed by atoms with E-state index in [9.17, 15) is 14.4 Å². The number of fused-ring (bicyclic) bond motifs is 1. The van der Waals surface area contributed by atoms with Crippen molar-refractivity contribution in [3.05, 3.63) is 22.9 Å². The summed E-state index contributed by atoms with van der Waals surface area (Å²) in [6, 6.07) is 0. The molecule has 0 unspecified atom stereocenters. The van der Waals surface area contributed by atoms with Gasteiger partial charge in [-0.2, -0.15) is 0 Å². The van der Waals surface area contributed by atoms with E-state index in [0.717, 1.165) is 4.57 Å². The van der Waals surface area contributed by atoms with Crippen LogP contribution in [0.5, 0.6) is 0 Å². The first-order valence-corrected chi connectivity index (χ1v) is 5.71. The quantitative estimate of drug-likeness (QED) is 0.572. The van der Waals surface area contributed by atoms with Gasteiger partial charge in [-0.15, -0.1) is 5.10 Å². The van der Waals surface area contributed by atoms with Crippen LogP contribution in [0.15, 0.2) is 17.3 Å². The molecule has 0 amide bonds. The Kier molecular flexibility index (Phi) is 3.78. The minimum absolute atomic E-state index is 0.0465. The van der Waals surface area contributed by atoms with Crippen LogP contribution in [0.4, 0.5) is 0 Å². The Hall–Kier alpha value is -2.71. The van der Waals surface area contributed by atoms with Crippen molar-refractivity contribution in [2.75, 3.05) is 0 Å². The predicted octanol–water partition coefficient (Wildman–Crippen LogP) is -0.947. The molecule has 0 atom stereocenters. The van der Waals surface area contributed by atoms with Gasteiger partial charge in [0.2, 0.25) is 11.8 Å². The molecule has 1 N–H and O–H groups in total. The molecule has 20 heavy (non-hydrogen) atoms. The highest BCUT2D eigenvalue weighted by molar-refractivity contribution is 5.70. The zero-order chi connectivity index (χ0) is 14.7. The van der Waals surface area contributed by atoms with Crippen LogP contribution < -0.4 is 10.2 Å². The van der Waals surface area contributed by atoms with Crippen molar-refractivity contribution >= 4 is 23.0 Å². The highest BCUT2D eigenvalue weighted by atomic mass is 16.5. The van der Waals surface area contributed by atoms with E-state index in [1.54, 1.807) is 0 Å². The van der Waals surface area contributed by atoms with Crippen LogP contribution in [0.2, 0.25) is 0 Å². The fourth-order valence-corrected chi connectivity index (χ4v) is 1.52. The zero-order valence-electron chi connectivity index (χ0n) is 11.0. The number of H-pyrrole nitrogens is 1. The molecule has 2 heterocycles. The summed E-state index contributed by atoms with van der Waals surface area (Å²) in [5.74, 6) is -0.924. The van der Waals surface area contributed by atoms with Crippen LogP contribution in [0.25, 0.3) is 11.0 Å². The lowest BCUT2D eigenvalue weighted by Gasteiger charge is -2.03. The van der Waals surface area contributed by atoms with E-state index in [0.29, 0.717) is 11.0 Å². The zero-order valence-corrected chi connectivity index (χ0v) is 11.0. The third-order valence-corrected chi connectivity index (χ3v) is 2.42. The van der Waals surface area contributed by atoms with Crippen LogP contribution in [0.3, 0.4) is 0 Å². The van der Waals surface area contributed by atoms with Gasteiger partial charge in [-0.05, 0) is 0 Å². The monoisotopic (exact) mass is 281 g/mol. The lowest BCUT2D eigenvalue weighted by molar-refractivity contribution is -0.775. The summed E-state index contributed by atoms with van der Waals surface area (Å²) in [5, 5.41) is 3.09. The molecule has 0 fully saturated rings. The van der Waals surface area contributed by atoms with Gasteiger partial charge >= 0.3 is 18.7 Å². The summed E-state index contributed by atoms with van der Waals surface area (Å²) >= 11 is 0. The smallest absolute Gasteiger partial charge is 0.317 e. The lowest BCUT2D eigenvalue weighted by atomic mass is 10.4. The van der Waals surface area contributed by atoms with Gasteiger partial charge in [0.1, 0.15) is 6.33 Å². The summed E-state index contributed by atoms with van der Waals surface area (Å²) < 4.78 is 12.1. The van der Waals surface area contributed by atoms with E-state index in [1.807, 2.05) is 0 Å². The van der Waals surface area contributed by atoms with Crippen molar-refractivity contribution in [2.24, 2.45) is 0 Å². The summed E-state index contributed by atoms with van der Waals surface area (Å²) in [7, 11) is 0. The molecule has 2 rings (SSSR count). The van der Waals surface area contributed by atoms with Gasteiger partial charge in [0.05, 0.1) is 0 Å². The topological polar surface area (TPSA) is 107 Å². The average molecular weight is 281 g/mol. The molecule has 9 heteroatoms. The molecule has 0 aliphatic rings. The van der Waals surface area contributed by atoms with E-state index < -0.39 is 11.9 Å². The summed E-state index contributed by atoms with van der Waals surface area (Å²) in [5.41, 5.74) is -0.0182. The molecule has 0 aliphatic heterocycles. The van der Waals surface area contributed by atoms with E-state index in [-0.39, 0.29) is 19.0 Å². The summed E-state index contributed by atoms with van der Waals surface area (Å²) in [6.45, 7) is 2.29. The molecule has 2 aromatic rings. The summed E-state index contributed by atoms with van der Waals surface area (Å²) in [4.78, 5) is 37.6. The Morgan fingerprint density at radius 1 is 1.35 bits per heavy atom. The number of nitrogens with one attached hydrogen (secondary N) is 1. The van der Waals surface area contributed by atoms with Gasteiger partial charge in [0.15, 0.2) is 12.1 Å². The Bertz CT molecular complexity index is 717. The molecule has 0 radical (unpaired) electrons. The molecule has 0 saturated carbocycles. The second-order valence-corrected chi connectivity index (χ2v) is 4.02. The maximum absolute atomic E-state index is 12.1. The van der Waals surface area contributed by atoms with E-state index >= 15 is 0 Å². The number of rotatable bonds is 4. The summed E-state index contributed by atoms with van der Waals surface area (Å²) in [6.07, 6.45) is 2.73. The molecular formula is C11H13N4O5+. The SMILES string of the molecule is CC(=O)OCn1cnc2[nH][n+](COC(C)=O)cc2c1=O. The third-order valence-electron chi connectivity index (χ3n) is 2.42. The molecule has 0 bridgehead atoms. The van der Waals surface area contributed by atoms with Crippen molar-refractivity contribution < 1.29 is 23.7 Å². The van der Waals surface area contributed by atoms with Crippen molar-refractivity contribution in [3.8, 4) is 0 Å². The first kappa shape index (κ1) is 13.7. The standard InChI is InChI=1S/C11H12N4O5/c1-7(16)19-5-14-4-12-10-9(11(14)18)3-15(13-10)6-20-8(2)17/h3-4H,5-6H2,1-2H3/p+1. The molecule has 0 aromatic carbocycles. The van der Waals surface area contributed by atoms with E-state index in [1.165, 1.54) is 31.1 Å². The Morgan fingerprint density at radius 3 is 2.70 bits per heavy atom.